The van der Waals surface area contributed by atoms with Crippen LogP contribution in [0.1, 0.15) is 0 Å². The maximum Gasteiger partial charge on any atom is 0.0319 e. The summed E-state index contributed by atoms with van der Waals surface area (Å²) in [4.78, 5) is 8.33. The second-order valence-corrected chi connectivity index (χ2v) is 0.250. The summed E-state index contributed by atoms with van der Waals surface area (Å²) in [6.07, 6.45) is -2.33. The predicted molar refractivity (Wildman–Crippen MR) is 25.5 cm³/mol. The maximum absolute atomic E-state index is 8.33. The zero-order chi connectivity index (χ0) is 5.58. The summed E-state index contributed by atoms with van der Waals surface area (Å²) in [5.74, 6) is 0. The van der Waals surface area contributed by atoms with E-state index in [1.54, 1.807) is 0 Å². The van der Waals surface area contributed by atoms with E-state index in [1.807, 2.05) is 0 Å². The van der Waals surface area contributed by atoms with Crippen LogP contribution in [-0.4, -0.2) is 18.4 Å². The van der Waals surface area contributed by atoms with Crippen molar-refractivity contribution in [1.82, 2.24) is 12.3 Å². The Morgan fingerprint density at radius 1 is 1.25 bits per heavy atom. The molecule has 0 bridgehead atoms. The average molecular weight is 128 g/mol. The summed E-state index contributed by atoms with van der Waals surface area (Å²) in [7, 11) is 1.00. The molecular formula is C2H12N2O4. The van der Waals surface area contributed by atoms with E-state index in [1.165, 1.54) is 0 Å². The van der Waals surface area contributed by atoms with Crippen LogP contribution in [0.5, 0.6) is 0 Å². The molecule has 8 heavy (non-hydrogen) atoms. The van der Waals surface area contributed by atoms with Gasteiger partial charge in [0.05, 0.1) is 0 Å². The minimum Gasteiger partial charge on any atom is -0.652 e. The topological polar surface area (TPSA) is 156 Å². The second-order valence-electron chi connectivity index (χ2n) is 0.250. The number of rotatable bonds is 0. The van der Waals surface area contributed by atoms with Gasteiger partial charge in [-0.15, -0.1) is 0 Å². The molecule has 6 nitrogen and oxygen atoms in total. The summed E-state index contributed by atoms with van der Waals surface area (Å²) in [6.45, 7) is 0. The van der Waals surface area contributed by atoms with Gasteiger partial charge in [-0.05, 0) is 6.16 Å². The normalized spacial score (nSPS) is 3.75. The largest absolute Gasteiger partial charge is 0.652 e. The number of carbonyl (C=O) groups is 1. The molecule has 6 heteroatoms. The molecule has 0 saturated heterocycles. The minimum atomic E-state index is -2.33. The summed E-state index contributed by atoms with van der Waals surface area (Å²) in [5.41, 5.74) is 0. The standard InChI is InChI=1S/CH2O3.CH4O.2H3N/c2-1(3)4;1-2;;/h(H2,2,3,4);2H,1H3;2*1H3. The van der Waals surface area contributed by atoms with Gasteiger partial charge in [0.1, 0.15) is 0 Å². The molecule has 0 atom stereocenters. The highest BCUT2D eigenvalue weighted by atomic mass is 16.6. The molecule has 0 spiro atoms. The molecule has 0 amide bonds. The minimum absolute atomic E-state index is 0. The Balaban J connectivity index is -0.0000000183. The van der Waals surface area contributed by atoms with E-state index >= 15 is 0 Å². The van der Waals surface area contributed by atoms with E-state index in [0.29, 0.717) is 0 Å². The summed E-state index contributed by atoms with van der Waals surface area (Å²) in [6, 6.07) is 0. The summed E-state index contributed by atoms with van der Waals surface area (Å²) >= 11 is 0. The van der Waals surface area contributed by atoms with Gasteiger partial charge in [0.25, 0.3) is 0 Å². The molecule has 0 aromatic heterocycles. The Kier molecular flexibility index (Phi) is 120. The Bertz CT molecular complexity index is 35.0. The van der Waals surface area contributed by atoms with Crippen molar-refractivity contribution in [2.75, 3.05) is 7.11 Å². The lowest BCUT2D eigenvalue weighted by molar-refractivity contribution is -0.415. The van der Waals surface area contributed by atoms with Crippen molar-refractivity contribution in [2.45, 2.75) is 0 Å². The van der Waals surface area contributed by atoms with Crippen LogP contribution in [0.3, 0.4) is 0 Å². The summed E-state index contributed by atoms with van der Waals surface area (Å²) in [5, 5.41) is 23.7. The van der Waals surface area contributed by atoms with Crippen molar-refractivity contribution in [3.8, 4) is 0 Å². The van der Waals surface area contributed by atoms with Crippen LogP contribution in [-0.2, 0) is 0 Å². The third-order valence-electron chi connectivity index (χ3n) is 0. The lowest BCUT2D eigenvalue weighted by Crippen LogP contribution is -2.37. The first-order valence-corrected chi connectivity index (χ1v) is 1.06. The quantitative estimate of drug-likeness (QED) is 0.341. The van der Waals surface area contributed by atoms with Crippen molar-refractivity contribution in [2.24, 2.45) is 0 Å². The lowest BCUT2D eigenvalue weighted by Gasteiger charge is -1.96. The van der Waals surface area contributed by atoms with Crippen LogP contribution in [0, 0.1) is 0 Å². The Morgan fingerprint density at radius 2 is 1.25 bits per heavy atom. The molecule has 0 unspecified atom stereocenters. The molecule has 0 saturated carbocycles. The number of aliphatic hydroxyl groups excluding tert-OH is 1. The molecule has 0 heterocycles. The Hall–Kier alpha value is -0.850. The molecular weight excluding hydrogens is 116 g/mol. The van der Waals surface area contributed by atoms with Crippen molar-refractivity contribution in [3.63, 3.8) is 0 Å². The molecule has 9 N–H and O–H groups in total. The number of carboxylic acid groups (broad SMARTS) is 2. The van der Waals surface area contributed by atoms with Crippen LogP contribution in [0.4, 0.5) is 4.79 Å². The number of aliphatic hydroxyl groups is 1. The highest BCUT2D eigenvalue weighted by Crippen LogP contribution is 1.21. The maximum atomic E-state index is 8.33. The number of hydrogen-bond acceptors (Lipinski definition) is 4. The highest BCUT2D eigenvalue weighted by Gasteiger charge is 1.26. The van der Waals surface area contributed by atoms with Crippen LogP contribution in [0.15, 0.2) is 0 Å². The second kappa shape index (κ2) is 35.3. The molecule has 0 radical (unpaired) electrons. The molecule has 0 aromatic carbocycles. The fourth-order valence-electron chi connectivity index (χ4n) is 0. The number of hydrogen-bond donors (Lipinski definition) is 3. The van der Waals surface area contributed by atoms with Crippen molar-refractivity contribution >= 4 is 6.16 Å². The van der Waals surface area contributed by atoms with E-state index < -0.39 is 6.16 Å². The van der Waals surface area contributed by atoms with Crippen LogP contribution < -0.4 is 22.5 Å². The molecule has 0 fully saturated rings. The van der Waals surface area contributed by atoms with Crippen molar-refractivity contribution in [3.05, 3.63) is 0 Å². The molecule has 0 rings (SSSR count). The monoisotopic (exact) mass is 128 g/mol. The molecule has 0 aromatic rings. The van der Waals surface area contributed by atoms with Crippen molar-refractivity contribution < 1.29 is 20.1 Å². The third kappa shape index (κ3) is 123. The van der Waals surface area contributed by atoms with E-state index in [9.17, 15) is 0 Å². The van der Waals surface area contributed by atoms with Gasteiger partial charge in [0.15, 0.2) is 0 Å². The van der Waals surface area contributed by atoms with Crippen molar-refractivity contribution in [1.29, 1.82) is 0 Å². The fraction of sp³-hybridized carbons (Fsp3) is 0.500. The third-order valence-corrected chi connectivity index (χ3v) is 0. The summed E-state index contributed by atoms with van der Waals surface area (Å²) < 4.78 is 0. The fourth-order valence-corrected chi connectivity index (χ4v) is 0. The van der Waals surface area contributed by atoms with Gasteiger partial charge in [-0.25, -0.2) is 0 Å². The van der Waals surface area contributed by atoms with Gasteiger partial charge in [0, 0.05) is 7.11 Å². The number of carbonyl (C=O) groups excluding carboxylic acids is 1. The molecule has 0 aliphatic heterocycles. The molecule has 54 valence electrons. The van der Waals surface area contributed by atoms with E-state index in [0.717, 1.165) is 7.11 Å². The first kappa shape index (κ1) is 27.3. The van der Waals surface area contributed by atoms with E-state index in [2.05, 4.69) is 0 Å². The van der Waals surface area contributed by atoms with Crippen LogP contribution >= 0.6 is 0 Å². The van der Waals surface area contributed by atoms with Gasteiger partial charge >= 0.3 is 0 Å². The van der Waals surface area contributed by atoms with Gasteiger partial charge in [-0.2, -0.15) is 0 Å². The smallest absolute Gasteiger partial charge is 0.0319 e. The zero-order valence-corrected chi connectivity index (χ0v) is 5.17. The first-order valence-electron chi connectivity index (χ1n) is 1.06. The lowest BCUT2D eigenvalue weighted by atomic mass is 11.5. The van der Waals surface area contributed by atoms with Crippen LogP contribution in [0.25, 0.3) is 0 Å². The van der Waals surface area contributed by atoms with Gasteiger partial charge < -0.3 is 32.4 Å². The van der Waals surface area contributed by atoms with E-state index in [-0.39, 0.29) is 12.3 Å². The average Bonchev–Trinajstić information content (AvgIpc) is 1.41. The van der Waals surface area contributed by atoms with E-state index in [4.69, 9.17) is 20.1 Å². The molecule has 0 aliphatic carbocycles. The van der Waals surface area contributed by atoms with Gasteiger partial charge in [-0.3, -0.25) is 0 Å². The predicted octanol–water partition coefficient (Wildman–Crippen LogP) is -2.09. The van der Waals surface area contributed by atoms with Gasteiger partial charge in [0.2, 0.25) is 0 Å². The number of quaternary nitrogens is 2. The Labute approximate surface area is 46.9 Å². The highest BCUT2D eigenvalue weighted by molar-refractivity contribution is 5.47. The Morgan fingerprint density at radius 3 is 1.25 bits per heavy atom. The first-order chi connectivity index (χ1) is 2.73. The zero-order valence-electron chi connectivity index (χ0n) is 5.17. The molecule has 0 aliphatic rings. The SMILES string of the molecule is CO.O=C([O-])[O-].[NH4+].[NH4+]. The van der Waals surface area contributed by atoms with Crippen LogP contribution in [0.2, 0.25) is 0 Å². The van der Waals surface area contributed by atoms with Gasteiger partial charge in [-0.1, -0.05) is 0 Å².